The number of ether oxygens (including phenoxy) is 1. The molecule has 120 valence electrons. The molecule has 0 amide bonds. The molecule has 0 aliphatic carbocycles. The van der Waals surface area contributed by atoms with E-state index in [2.05, 4.69) is 9.97 Å². The highest BCUT2D eigenvalue weighted by Gasteiger charge is 2.26. The normalized spacial score (nSPS) is 19.7. The maximum absolute atomic E-state index is 12.8. The Morgan fingerprint density at radius 1 is 1.55 bits per heavy atom. The molecular weight excluding hydrogens is 308 g/mol. The van der Waals surface area contributed by atoms with Crippen LogP contribution in [0.5, 0.6) is 0 Å². The minimum atomic E-state index is -1.02. The van der Waals surface area contributed by atoms with Gasteiger partial charge in [-0.15, -0.1) is 0 Å². The predicted molar refractivity (Wildman–Crippen MR) is 82.2 cm³/mol. The van der Waals surface area contributed by atoms with Gasteiger partial charge in [0.2, 0.25) is 5.28 Å². The average molecular weight is 327 g/mol. The minimum Gasteiger partial charge on any atom is -0.389 e. The van der Waals surface area contributed by atoms with E-state index in [1.807, 2.05) is 0 Å². The molecular formula is C14H19ClN4O3. The first-order valence-electron chi connectivity index (χ1n) is 7.30. The molecule has 7 nitrogen and oxygen atoms in total. The van der Waals surface area contributed by atoms with Crippen LogP contribution in [0.4, 0.5) is 0 Å². The van der Waals surface area contributed by atoms with Gasteiger partial charge in [0, 0.05) is 6.61 Å². The fourth-order valence-corrected chi connectivity index (χ4v) is 2.96. The topological polar surface area (TPSA) is 82.2 Å². The third kappa shape index (κ3) is 2.88. The summed E-state index contributed by atoms with van der Waals surface area (Å²) in [6.07, 6.45) is 3.27. The van der Waals surface area contributed by atoms with Gasteiger partial charge in [0.1, 0.15) is 5.52 Å². The SMILES string of the molecule is CC(C)(O)Cn1c(=O)n(C2CCCOC2)c2nc(Cl)ncc21. The number of aromatic nitrogens is 4. The smallest absolute Gasteiger partial charge is 0.330 e. The summed E-state index contributed by atoms with van der Waals surface area (Å²) in [5.41, 5.74) is -0.179. The van der Waals surface area contributed by atoms with Gasteiger partial charge in [0.05, 0.1) is 31.0 Å². The van der Waals surface area contributed by atoms with E-state index in [1.165, 1.54) is 10.8 Å². The molecule has 1 aliphatic heterocycles. The van der Waals surface area contributed by atoms with Gasteiger partial charge in [-0.2, -0.15) is 4.98 Å². The van der Waals surface area contributed by atoms with Crippen molar-refractivity contribution in [2.45, 2.75) is 44.9 Å². The molecule has 22 heavy (non-hydrogen) atoms. The number of rotatable bonds is 3. The number of hydrogen-bond donors (Lipinski definition) is 1. The van der Waals surface area contributed by atoms with Gasteiger partial charge < -0.3 is 9.84 Å². The number of imidazole rings is 1. The lowest BCUT2D eigenvalue weighted by molar-refractivity contribution is 0.0546. The van der Waals surface area contributed by atoms with Crippen LogP contribution in [0.2, 0.25) is 5.28 Å². The predicted octanol–water partition coefficient (Wildman–Crippen LogP) is 1.37. The number of halogens is 1. The van der Waals surface area contributed by atoms with E-state index < -0.39 is 5.60 Å². The fourth-order valence-electron chi connectivity index (χ4n) is 2.83. The van der Waals surface area contributed by atoms with Crippen LogP contribution in [0, 0.1) is 0 Å². The lowest BCUT2D eigenvalue weighted by Crippen LogP contribution is -2.36. The number of aliphatic hydroxyl groups is 1. The molecule has 1 atom stereocenters. The van der Waals surface area contributed by atoms with Crippen molar-refractivity contribution in [2.75, 3.05) is 13.2 Å². The van der Waals surface area contributed by atoms with Gasteiger partial charge in [-0.05, 0) is 38.3 Å². The van der Waals surface area contributed by atoms with Crippen LogP contribution >= 0.6 is 11.6 Å². The van der Waals surface area contributed by atoms with Crippen LogP contribution in [0.1, 0.15) is 32.7 Å². The van der Waals surface area contributed by atoms with Gasteiger partial charge in [0.15, 0.2) is 5.65 Å². The Balaban J connectivity index is 2.19. The third-order valence-corrected chi connectivity index (χ3v) is 3.91. The molecule has 1 unspecified atom stereocenters. The van der Waals surface area contributed by atoms with Crippen molar-refractivity contribution >= 4 is 22.8 Å². The number of nitrogens with zero attached hydrogens (tertiary/aromatic N) is 4. The molecule has 1 N–H and O–H groups in total. The van der Waals surface area contributed by atoms with Crippen LogP contribution in [0.15, 0.2) is 11.0 Å². The lowest BCUT2D eigenvalue weighted by atomic mass is 10.1. The average Bonchev–Trinajstić information content (AvgIpc) is 2.70. The van der Waals surface area contributed by atoms with Crippen molar-refractivity contribution < 1.29 is 9.84 Å². The zero-order valence-electron chi connectivity index (χ0n) is 12.6. The number of fused-ring (bicyclic) bond motifs is 1. The molecule has 3 heterocycles. The maximum Gasteiger partial charge on any atom is 0.330 e. The molecule has 0 aromatic carbocycles. The highest BCUT2D eigenvalue weighted by Crippen LogP contribution is 2.23. The van der Waals surface area contributed by atoms with E-state index >= 15 is 0 Å². The van der Waals surface area contributed by atoms with Crippen LogP contribution in [0.3, 0.4) is 0 Å². The summed E-state index contributed by atoms with van der Waals surface area (Å²) in [7, 11) is 0. The first-order chi connectivity index (χ1) is 10.4. The maximum atomic E-state index is 12.8. The molecule has 1 saturated heterocycles. The van der Waals surface area contributed by atoms with Crippen LogP contribution in [0.25, 0.3) is 11.2 Å². The van der Waals surface area contributed by atoms with Crippen LogP contribution < -0.4 is 5.69 Å². The Morgan fingerprint density at radius 3 is 2.95 bits per heavy atom. The quantitative estimate of drug-likeness (QED) is 0.861. The molecule has 0 spiro atoms. The lowest BCUT2D eigenvalue weighted by Gasteiger charge is -2.23. The number of hydrogen-bond acceptors (Lipinski definition) is 5. The second kappa shape index (κ2) is 5.64. The summed E-state index contributed by atoms with van der Waals surface area (Å²) in [6, 6.07) is -0.0715. The molecule has 2 aromatic rings. The summed E-state index contributed by atoms with van der Waals surface area (Å²) in [5, 5.41) is 10.2. The van der Waals surface area contributed by atoms with Crippen molar-refractivity contribution in [1.82, 2.24) is 19.1 Å². The molecule has 8 heteroatoms. The Labute approximate surface area is 132 Å². The Bertz CT molecular complexity index is 741. The molecule has 0 saturated carbocycles. The first-order valence-corrected chi connectivity index (χ1v) is 7.68. The second-order valence-electron chi connectivity index (χ2n) is 6.27. The molecule has 1 fully saturated rings. The second-order valence-corrected chi connectivity index (χ2v) is 6.61. The fraction of sp³-hybridized carbons (Fsp3) is 0.643. The zero-order valence-corrected chi connectivity index (χ0v) is 13.4. The Morgan fingerprint density at radius 2 is 2.32 bits per heavy atom. The van der Waals surface area contributed by atoms with Crippen molar-refractivity contribution in [3.05, 3.63) is 22.0 Å². The Hall–Kier alpha value is -1.44. The van der Waals surface area contributed by atoms with Gasteiger partial charge in [-0.25, -0.2) is 9.78 Å². The van der Waals surface area contributed by atoms with Crippen molar-refractivity contribution in [2.24, 2.45) is 0 Å². The standard InChI is InChI=1S/C14H19ClN4O3/c1-14(2,21)8-18-10-6-16-12(15)17-11(10)19(13(18)20)9-4-3-5-22-7-9/h6,9,21H,3-5,7-8H2,1-2H3. The monoisotopic (exact) mass is 326 g/mol. The van der Waals surface area contributed by atoms with Gasteiger partial charge in [-0.1, -0.05) is 0 Å². The summed E-state index contributed by atoms with van der Waals surface area (Å²) in [4.78, 5) is 21.0. The first kappa shape index (κ1) is 15.5. The summed E-state index contributed by atoms with van der Waals surface area (Å²) < 4.78 is 8.61. The van der Waals surface area contributed by atoms with Crippen molar-refractivity contribution in [1.29, 1.82) is 0 Å². The highest BCUT2D eigenvalue weighted by atomic mass is 35.5. The van der Waals surface area contributed by atoms with Gasteiger partial charge in [-0.3, -0.25) is 9.13 Å². The van der Waals surface area contributed by atoms with E-state index in [0.717, 1.165) is 12.8 Å². The summed E-state index contributed by atoms with van der Waals surface area (Å²) in [5.74, 6) is 0. The molecule has 0 bridgehead atoms. The highest BCUT2D eigenvalue weighted by molar-refractivity contribution is 6.28. The van der Waals surface area contributed by atoms with E-state index in [-0.39, 0.29) is 23.6 Å². The molecule has 3 rings (SSSR count). The molecule has 1 aliphatic rings. The largest absolute Gasteiger partial charge is 0.389 e. The zero-order chi connectivity index (χ0) is 15.9. The molecule has 0 radical (unpaired) electrons. The van der Waals surface area contributed by atoms with Crippen LogP contribution in [-0.4, -0.2) is 43.0 Å². The van der Waals surface area contributed by atoms with E-state index in [9.17, 15) is 9.90 Å². The minimum absolute atomic E-state index is 0.0715. The van der Waals surface area contributed by atoms with Crippen LogP contribution in [-0.2, 0) is 11.3 Å². The summed E-state index contributed by atoms with van der Waals surface area (Å²) >= 11 is 5.90. The van der Waals surface area contributed by atoms with Crippen molar-refractivity contribution in [3.8, 4) is 0 Å². The molecule has 2 aromatic heterocycles. The van der Waals surface area contributed by atoms with Crippen molar-refractivity contribution in [3.63, 3.8) is 0 Å². The Kier molecular flexibility index (Phi) is 3.96. The van der Waals surface area contributed by atoms with E-state index in [1.54, 1.807) is 18.4 Å². The van der Waals surface area contributed by atoms with Gasteiger partial charge >= 0.3 is 5.69 Å². The van der Waals surface area contributed by atoms with Gasteiger partial charge in [0.25, 0.3) is 0 Å². The van der Waals surface area contributed by atoms with E-state index in [4.69, 9.17) is 16.3 Å². The third-order valence-electron chi connectivity index (χ3n) is 3.72. The summed E-state index contributed by atoms with van der Waals surface area (Å²) in [6.45, 7) is 4.66. The van der Waals surface area contributed by atoms with E-state index in [0.29, 0.717) is 24.4 Å².